The van der Waals surface area contributed by atoms with Gasteiger partial charge < -0.3 is 14.8 Å². The highest BCUT2D eigenvalue weighted by Gasteiger charge is 2.26. The monoisotopic (exact) mass is 434 g/mol. The van der Waals surface area contributed by atoms with E-state index in [0.29, 0.717) is 5.56 Å². The average molecular weight is 435 g/mol. The Morgan fingerprint density at radius 3 is 2.47 bits per heavy atom. The van der Waals surface area contributed by atoms with Crippen molar-refractivity contribution >= 4 is 40.4 Å². The summed E-state index contributed by atoms with van der Waals surface area (Å²) in [4.78, 5) is 35.2. The maximum absolute atomic E-state index is 12.7. The standard InChI is InChI=1S/C19H19ClN4O6/c1-10-5-6-13(15(7-10)24(27)28)22-23-17(11(2)25)19(26)21-14-8-12(20)9-16(29-3)18(14)30-4/h5-9,17H,1-4H3,(H,21,26). The number of carbonyl (C=O) groups is 2. The Balaban J connectivity index is 2.36. The van der Waals surface area contributed by atoms with E-state index in [0.717, 1.165) is 6.92 Å². The Morgan fingerprint density at radius 2 is 1.90 bits per heavy atom. The fourth-order valence-corrected chi connectivity index (χ4v) is 2.74. The lowest BCUT2D eigenvalue weighted by Crippen LogP contribution is -2.32. The van der Waals surface area contributed by atoms with E-state index in [4.69, 9.17) is 21.1 Å². The van der Waals surface area contributed by atoms with Crippen molar-refractivity contribution < 1.29 is 24.0 Å². The van der Waals surface area contributed by atoms with Crippen molar-refractivity contribution in [2.75, 3.05) is 19.5 Å². The molecule has 0 aliphatic heterocycles. The summed E-state index contributed by atoms with van der Waals surface area (Å²) in [5, 5.41) is 21.5. The van der Waals surface area contributed by atoms with E-state index < -0.39 is 22.7 Å². The first kappa shape index (κ1) is 22.8. The molecule has 1 N–H and O–H groups in total. The zero-order valence-corrected chi connectivity index (χ0v) is 17.4. The van der Waals surface area contributed by atoms with Gasteiger partial charge in [-0.2, -0.15) is 5.11 Å². The lowest BCUT2D eigenvalue weighted by Gasteiger charge is -2.15. The van der Waals surface area contributed by atoms with Gasteiger partial charge in [0.15, 0.2) is 23.0 Å². The minimum absolute atomic E-state index is 0.0772. The summed E-state index contributed by atoms with van der Waals surface area (Å²) in [5.74, 6) is -0.956. The van der Waals surface area contributed by atoms with Gasteiger partial charge >= 0.3 is 0 Å². The van der Waals surface area contributed by atoms with Crippen molar-refractivity contribution in [1.29, 1.82) is 0 Å². The molecule has 2 aromatic carbocycles. The molecule has 1 unspecified atom stereocenters. The number of benzene rings is 2. The molecule has 2 aromatic rings. The Morgan fingerprint density at radius 1 is 1.20 bits per heavy atom. The first-order valence-corrected chi connectivity index (χ1v) is 8.94. The third-order valence-electron chi connectivity index (χ3n) is 3.94. The van der Waals surface area contributed by atoms with E-state index in [1.54, 1.807) is 13.0 Å². The third-order valence-corrected chi connectivity index (χ3v) is 4.16. The molecule has 1 atom stereocenters. The van der Waals surface area contributed by atoms with E-state index in [9.17, 15) is 19.7 Å². The molecule has 10 nitrogen and oxygen atoms in total. The van der Waals surface area contributed by atoms with Gasteiger partial charge in [-0.25, -0.2) is 0 Å². The van der Waals surface area contributed by atoms with Crippen molar-refractivity contribution in [3.8, 4) is 11.5 Å². The Labute approximate surface area is 177 Å². The number of rotatable bonds is 8. The lowest BCUT2D eigenvalue weighted by molar-refractivity contribution is -0.384. The zero-order valence-electron chi connectivity index (χ0n) is 16.6. The van der Waals surface area contributed by atoms with Gasteiger partial charge in [-0.3, -0.25) is 19.7 Å². The van der Waals surface area contributed by atoms with Gasteiger partial charge in [0.25, 0.3) is 11.6 Å². The molecular formula is C19H19ClN4O6. The molecule has 0 bridgehead atoms. The van der Waals surface area contributed by atoms with Crippen molar-refractivity contribution in [2.45, 2.75) is 19.9 Å². The minimum Gasteiger partial charge on any atom is -0.493 e. The SMILES string of the molecule is COc1cc(Cl)cc(NC(=O)C(N=Nc2ccc(C)cc2[N+](=O)[O-])C(C)=O)c1OC. The Kier molecular flexibility index (Phi) is 7.43. The summed E-state index contributed by atoms with van der Waals surface area (Å²) in [6, 6.07) is 5.68. The summed E-state index contributed by atoms with van der Waals surface area (Å²) in [6.45, 7) is 2.84. The summed E-state index contributed by atoms with van der Waals surface area (Å²) in [5.41, 5.74) is 0.451. The van der Waals surface area contributed by atoms with Crippen molar-refractivity contribution in [1.82, 2.24) is 0 Å². The van der Waals surface area contributed by atoms with Gasteiger partial charge in [-0.05, 0) is 31.5 Å². The number of nitro groups is 1. The first-order chi connectivity index (χ1) is 14.2. The number of hydrogen-bond donors (Lipinski definition) is 1. The number of halogens is 1. The van der Waals surface area contributed by atoms with Crippen LogP contribution in [0.25, 0.3) is 0 Å². The van der Waals surface area contributed by atoms with Crippen LogP contribution in [0.15, 0.2) is 40.6 Å². The molecule has 1 amide bonds. The highest BCUT2D eigenvalue weighted by Crippen LogP contribution is 2.38. The maximum atomic E-state index is 12.7. The van der Waals surface area contributed by atoms with E-state index >= 15 is 0 Å². The highest BCUT2D eigenvalue weighted by atomic mass is 35.5. The van der Waals surface area contributed by atoms with Gasteiger partial charge in [0, 0.05) is 17.2 Å². The number of Topliss-reactive ketones (excluding diaryl/α,β-unsaturated/α-hetero) is 1. The van der Waals surface area contributed by atoms with E-state index in [-0.39, 0.29) is 33.6 Å². The van der Waals surface area contributed by atoms with Gasteiger partial charge in [0.05, 0.1) is 24.8 Å². The molecule has 0 aliphatic carbocycles. The quantitative estimate of drug-likeness (QED) is 0.285. The second kappa shape index (κ2) is 9.79. The number of anilines is 1. The number of nitro benzene ring substituents is 1. The van der Waals surface area contributed by atoms with Crippen LogP contribution in [-0.2, 0) is 9.59 Å². The van der Waals surface area contributed by atoms with Crippen LogP contribution in [0.5, 0.6) is 11.5 Å². The highest BCUT2D eigenvalue weighted by molar-refractivity contribution is 6.31. The van der Waals surface area contributed by atoms with E-state index in [1.807, 2.05) is 0 Å². The summed E-state index contributed by atoms with van der Waals surface area (Å²) >= 11 is 6.02. The van der Waals surface area contributed by atoms with Crippen molar-refractivity contribution in [3.05, 3.63) is 51.0 Å². The normalized spacial score (nSPS) is 11.8. The number of ether oxygens (including phenoxy) is 2. The van der Waals surface area contributed by atoms with Crippen LogP contribution in [-0.4, -0.2) is 36.9 Å². The van der Waals surface area contributed by atoms with Crippen LogP contribution in [0.3, 0.4) is 0 Å². The molecular weight excluding hydrogens is 416 g/mol. The second-order valence-electron chi connectivity index (χ2n) is 6.16. The van der Waals surface area contributed by atoms with Crippen molar-refractivity contribution in [3.63, 3.8) is 0 Å². The summed E-state index contributed by atoms with van der Waals surface area (Å²) < 4.78 is 10.4. The molecule has 0 saturated carbocycles. The first-order valence-electron chi connectivity index (χ1n) is 8.56. The molecule has 11 heteroatoms. The number of methoxy groups -OCH3 is 2. The number of nitrogens with zero attached hydrogens (tertiary/aromatic N) is 3. The zero-order chi connectivity index (χ0) is 22.4. The summed E-state index contributed by atoms with van der Waals surface area (Å²) in [6.07, 6.45) is 0. The second-order valence-corrected chi connectivity index (χ2v) is 6.59. The van der Waals surface area contributed by atoms with Crippen LogP contribution >= 0.6 is 11.6 Å². The fraction of sp³-hybridized carbons (Fsp3) is 0.263. The van der Waals surface area contributed by atoms with Crippen LogP contribution in [0.2, 0.25) is 5.02 Å². The number of azo groups is 1. The maximum Gasteiger partial charge on any atom is 0.296 e. The smallest absolute Gasteiger partial charge is 0.296 e. The topological polar surface area (TPSA) is 132 Å². The molecule has 0 aliphatic rings. The molecule has 0 spiro atoms. The molecule has 0 aromatic heterocycles. The number of carbonyl (C=O) groups excluding carboxylic acids is 2. The number of hydrogen-bond acceptors (Lipinski definition) is 8. The van der Waals surface area contributed by atoms with Gasteiger partial charge in [-0.1, -0.05) is 17.7 Å². The number of aryl methyl sites for hydroxylation is 1. The third kappa shape index (κ3) is 5.29. The number of ketones is 1. The lowest BCUT2D eigenvalue weighted by atomic mass is 10.2. The Hall–Kier alpha value is -3.53. The van der Waals surface area contributed by atoms with Gasteiger partial charge in [0.2, 0.25) is 6.04 Å². The molecule has 158 valence electrons. The Bertz CT molecular complexity index is 1020. The number of amides is 1. The average Bonchev–Trinajstić information content (AvgIpc) is 2.68. The minimum atomic E-state index is -1.54. The molecule has 30 heavy (non-hydrogen) atoms. The van der Waals surface area contributed by atoms with Gasteiger partial charge in [0.1, 0.15) is 0 Å². The molecule has 2 rings (SSSR count). The van der Waals surface area contributed by atoms with Crippen LogP contribution in [0.1, 0.15) is 12.5 Å². The fourth-order valence-electron chi connectivity index (χ4n) is 2.53. The predicted molar refractivity (Wildman–Crippen MR) is 110 cm³/mol. The predicted octanol–water partition coefficient (Wildman–Crippen LogP) is 4.25. The van der Waals surface area contributed by atoms with Gasteiger partial charge in [-0.15, -0.1) is 5.11 Å². The summed E-state index contributed by atoms with van der Waals surface area (Å²) in [7, 11) is 2.78. The molecule has 0 saturated heterocycles. The molecule has 0 radical (unpaired) electrons. The number of nitrogens with one attached hydrogen (secondary N) is 1. The molecule has 0 heterocycles. The van der Waals surface area contributed by atoms with Crippen LogP contribution < -0.4 is 14.8 Å². The van der Waals surface area contributed by atoms with E-state index in [2.05, 4.69) is 15.5 Å². The van der Waals surface area contributed by atoms with Crippen molar-refractivity contribution in [2.24, 2.45) is 10.2 Å². The van der Waals surface area contributed by atoms with E-state index in [1.165, 1.54) is 38.5 Å². The largest absolute Gasteiger partial charge is 0.493 e. The van der Waals surface area contributed by atoms with Crippen LogP contribution in [0.4, 0.5) is 17.1 Å². The molecule has 0 fully saturated rings. The van der Waals surface area contributed by atoms with Crippen LogP contribution in [0, 0.1) is 17.0 Å².